The van der Waals surface area contributed by atoms with Crippen LogP contribution in [0.4, 0.5) is 0 Å². The summed E-state index contributed by atoms with van der Waals surface area (Å²) in [6.07, 6.45) is 1.86. The second kappa shape index (κ2) is 6.97. The Morgan fingerprint density at radius 2 is 2.06 bits per heavy atom. The molecule has 1 unspecified atom stereocenters. The Labute approximate surface area is 105 Å². The van der Waals surface area contributed by atoms with Crippen LogP contribution < -0.4 is 11.3 Å². The molecule has 0 spiro atoms. The third-order valence-corrected chi connectivity index (χ3v) is 3.61. The van der Waals surface area contributed by atoms with Crippen LogP contribution in [0.3, 0.4) is 0 Å². The van der Waals surface area contributed by atoms with E-state index in [0.717, 1.165) is 39.1 Å². The Morgan fingerprint density at radius 3 is 2.59 bits per heavy atom. The molecule has 0 radical (unpaired) electrons. The molecule has 0 aromatic carbocycles. The molecule has 17 heavy (non-hydrogen) atoms. The van der Waals surface area contributed by atoms with E-state index in [1.54, 1.807) is 0 Å². The lowest BCUT2D eigenvalue weighted by Gasteiger charge is -2.45. The smallest absolute Gasteiger partial charge is 0.0594 e. The van der Waals surface area contributed by atoms with Crippen LogP contribution in [0, 0.1) is 11.8 Å². The highest BCUT2D eigenvalue weighted by atomic mass is 16.5. The zero-order chi connectivity index (χ0) is 12.7. The van der Waals surface area contributed by atoms with E-state index in [9.17, 15) is 0 Å². The van der Waals surface area contributed by atoms with Gasteiger partial charge in [-0.25, -0.2) is 0 Å². The molecule has 4 heteroatoms. The minimum atomic E-state index is 0.0357. The van der Waals surface area contributed by atoms with Crippen LogP contribution in [-0.2, 0) is 4.74 Å². The lowest BCUT2D eigenvalue weighted by Crippen LogP contribution is -2.61. The molecule has 0 aliphatic carbocycles. The lowest BCUT2D eigenvalue weighted by molar-refractivity contribution is -0.0242. The van der Waals surface area contributed by atoms with Gasteiger partial charge in [-0.3, -0.25) is 16.2 Å². The van der Waals surface area contributed by atoms with Gasteiger partial charge >= 0.3 is 0 Å². The van der Waals surface area contributed by atoms with Gasteiger partial charge in [0, 0.05) is 31.1 Å². The fraction of sp³-hybridized carbons (Fsp3) is 0.846. The van der Waals surface area contributed by atoms with Crippen molar-refractivity contribution in [2.24, 2.45) is 5.84 Å². The Morgan fingerprint density at radius 1 is 1.41 bits per heavy atom. The summed E-state index contributed by atoms with van der Waals surface area (Å²) in [6, 6.07) is 0.251. The quantitative estimate of drug-likeness (QED) is 0.422. The zero-order valence-electron chi connectivity index (χ0n) is 11.3. The summed E-state index contributed by atoms with van der Waals surface area (Å²) in [5.41, 5.74) is 2.98. The van der Waals surface area contributed by atoms with Crippen LogP contribution in [0.2, 0.25) is 0 Å². The van der Waals surface area contributed by atoms with E-state index in [1.165, 1.54) is 0 Å². The molecule has 98 valence electrons. The highest BCUT2D eigenvalue weighted by Crippen LogP contribution is 2.22. The van der Waals surface area contributed by atoms with Crippen molar-refractivity contribution in [1.29, 1.82) is 0 Å². The van der Waals surface area contributed by atoms with E-state index in [1.807, 2.05) is 6.92 Å². The third-order valence-electron chi connectivity index (χ3n) is 3.61. The van der Waals surface area contributed by atoms with Gasteiger partial charge in [0.2, 0.25) is 0 Å². The first-order valence-corrected chi connectivity index (χ1v) is 6.31. The summed E-state index contributed by atoms with van der Waals surface area (Å²) in [4.78, 5) is 2.44. The standard InChI is InChI=1S/C13H25N3O/c1-4-5-6-7-12(15-14)13(2,3)16-8-10-17-11-9-16/h12,15H,6-11,14H2,1-3H3. The molecular weight excluding hydrogens is 214 g/mol. The molecule has 0 aromatic rings. The highest BCUT2D eigenvalue weighted by molar-refractivity contribution is 4.99. The number of hydrogen-bond acceptors (Lipinski definition) is 4. The van der Waals surface area contributed by atoms with Gasteiger partial charge in [0.05, 0.1) is 13.2 Å². The molecule has 0 bridgehead atoms. The molecule has 0 amide bonds. The van der Waals surface area contributed by atoms with Crippen LogP contribution in [0.5, 0.6) is 0 Å². The van der Waals surface area contributed by atoms with Crippen LogP contribution in [0.15, 0.2) is 0 Å². The molecule has 4 nitrogen and oxygen atoms in total. The number of nitrogens with zero attached hydrogens (tertiary/aromatic N) is 1. The molecule has 1 rings (SSSR count). The molecule has 0 saturated carbocycles. The maximum absolute atomic E-state index is 5.69. The molecular formula is C13H25N3O. The third kappa shape index (κ3) is 3.97. The van der Waals surface area contributed by atoms with Gasteiger partial charge in [0.15, 0.2) is 0 Å². The van der Waals surface area contributed by atoms with Crippen molar-refractivity contribution >= 4 is 0 Å². The number of morpholine rings is 1. The van der Waals surface area contributed by atoms with Crippen LogP contribution >= 0.6 is 0 Å². The number of hydrogen-bond donors (Lipinski definition) is 2. The van der Waals surface area contributed by atoms with E-state index < -0.39 is 0 Å². The van der Waals surface area contributed by atoms with Crippen molar-refractivity contribution in [1.82, 2.24) is 10.3 Å². The SMILES string of the molecule is CC#CCCC(NN)C(C)(C)N1CCOCC1. The van der Waals surface area contributed by atoms with E-state index in [0.29, 0.717) is 0 Å². The Balaban J connectivity index is 2.58. The molecule has 1 saturated heterocycles. The van der Waals surface area contributed by atoms with Gasteiger partial charge in [-0.1, -0.05) is 0 Å². The average Bonchev–Trinajstić information content (AvgIpc) is 2.35. The van der Waals surface area contributed by atoms with Crippen molar-refractivity contribution in [3.05, 3.63) is 0 Å². The van der Waals surface area contributed by atoms with Crippen molar-refractivity contribution < 1.29 is 4.74 Å². The summed E-state index contributed by atoms with van der Waals surface area (Å²) in [6.45, 7) is 9.93. The number of ether oxygens (including phenoxy) is 1. The first kappa shape index (κ1) is 14.5. The fourth-order valence-corrected chi connectivity index (χ4v) is 2.34. The molecule has 1 heterocycles. The zero-order valence-corrected chi connectivity index (χ0v) is 11.3. The minimum Gasteiger partial charge on any atom is -0.379 e. The van der Waals surface area contributed by atoms with Crippen LogP contribution in [-0.4, -0.2) is 42.8 Å². The van der Waals surface area contributed by atoms with Crippen molar-refractivity contribution in [3.8, 4) is 11.8 Å². The van der Waals surface area contributed by atoms with Gasteiger partial charge in [0.1, 0.15) is 0 Å². The van der Waals surface area contributed by atoms with E-state index in [4.69, 9.17) is 10.6 Å². The maximum Gasteiger partial charge on any atom is 0.0594 e. The largest absolute Gasteiger partial charge is 0.379 e. The first-order valence-electron chi connectivity index (χ1n) is 6.31. The average molecular weight is 239 g/mol. The summed E-state index contributed by atoms with van der Waals surface area (Å²) in [5, 5.41) is 0. The number of hydrazine groups is 1. The lowest BCUT2D eigenvalue weighted by atomic mass is 9.89. The molecule has 1 aliphatic heterocycles. The number of nitrogens with two attached hydrogens (primary N) is 1. The summed E-state index contributed by atoms with van der Waals surface area (Å²) in [7, 11) is 0. The first-order chi connectivity index (χ1) is 8.12. The second-order valence-electron chi connectivity index (χ2n) is 4.94. The monoisotopic (exact) mass is 239 g/mol. The number of rotatable bonds is 5. The fourth-order valence-electron chi connectivity index (χ4n) is 2.34. The van der Waals surface area contributed by atoms with Gasteiger partial charge in [-0.15, -0.1) is 11.8 Å². The summed E-state index contributed by atoms with van der Waals surface area (Å²) in [5.74, 6) is 11.7. The predicted octanol–water partition coefficient (Wildman–Crippen LogP) is 0.733. The van der Waals surface area contributed by atoms with E-state index >= 15 is 0 Å². The predicted molar refractivity (Wildman–Crippen MR) is 70.3 cm³/mol. The van der Waals surface area contributed by atoms with Gasteiger partial charge in [0.25, 0.3) is 0 Å². The molecule has 1 fully saturated rings. The van der Waals surface area contributed by atoms with Crippen LogP contribution in [0.1, 0.15) is 33.6 Å². The molecule has 1 aliphatic rings. The topological polar surface area (TPSA) is 50.5 Å². The Bertz CT molecular complexity index is 274. The minimum absolute atomic E-state index is 0.0357. The second-order valence-corrected chi connectivity index (χ2v) is 4.94. The van der Waals surface area contributed by atoms with Gasteiger partial charge in [-0.05, 0) is 27.2 Å². The van der Waals surface area contributed by atoms with E-state index in [-0.39, 0.29) is 11.6 Å². The summed E-state index contributed by atoms with van der Waals surface area (Å²) < 4.78 is 5.39. The van der Waals surface area contributed by atoms with Crippen molar-refractivity contribution in [3.63, 3.8) is 0 Å². The molecule has 0 aromatic heterocycles. The maximum atomic E-state index is 5.69. The van der Waals surface area contributed by atoms with Gasteiger partial charge < -0.3 is 4.74 Å². The van der Waals surface area contributed by atoms with E-state index in [2.05, 4.69) is 36.0 Å². The van der Waals surface area contributed by atoms with Crippen molar-refractivity contribution in [2.75, 3.05) is 26.3 Å². The molecule has 3 N–H and O–H groups in total. The normalized spacial score (nSPS) is 19.5. The number of nitrogens with one attached hydrogen (secondary N) is 1. The molecule has 1 atom stereocenters. The summed E-state index contributed by atoms with van der Waals surface area (Å²) >= 11 is 0. The Kier molecular flexibility index (Phi) is 5.93. The Hall–Kier alpha value is -0.600. The van der Waals surface area contributed by atoms with Gasteiger partial charge in [-0.2, -0.15) is 0 Å². The highest BCUT2D eigenvalue weighted by Gasteiger charge is 2.35. The van der Waals surface area contributed by atoms with Crippen LogP contribution in [0.25, 0.3) is 0 Å². The van der Waals surface area contributed by atoms with Crippen molar-refractivity contribution in [2.45, 2.75) is 45.2 Å².